The molecule has 1 aliphatic heterocycles. The average molecular weight is 212 g/mol. The van der Waals surface area contributed by atoms with Crippen LogP contribution in [0.15, 0.2) is 0 Å². The number of likely N-dealkylation sites (N-methyl/N-ethyl adjacent to an activating group) is 1. The van der Waals surface area contributed by atoms with Crippen LogP contribution < -0.4 is 0 Å². The summed E-state index contributed by atoms with van der Waals surface area (Å²) in [5.41, 5.74) is 0. The Labute approximate surface area is 93.4 Å². The molecule has 1 saturated heterocycles. The lowest BCUT2D eigenvalue weighted by Crippen LogP contribution is -2.38. The fourth-order valence-electron chi connectivity index (χ4n) is 2.29. The van der Waals surface area contributed by atoms with E-state index in [0.29, 0.717) is 11.8 Å². The van der Waals surface area contributed by atoms with Crippen LogP contribution in [0, 0.1) is 0 Å². The van der Waals surface area contributed by atoms with Crippen molar-refractivity contribution in [2.45, 2.75) is 39.2 Å². The number of carbonyl (C=O) groups excluding carboxylic acids is 1. The van der Waals surface area contributed by atoms with Crippen LogP contribution in [0.3, 0.4) is 0 Å². The smallest absolute Gasteiger partial charge is 0.129 e. The van der Waals surface area contributed by atoms with Gasteiger partial charge in [-0.25, -0.2) is 0 Å². The van der Waals surface area contributed by atoms with Crippen molar-refractivity contribution in [1.82, 2.24) is 9.80 Å². The molecule has 1 atom stereocenters. The molecule has 0 N–H and O–H groups in total. The van der Waals surface area contributed by atoms with Crippen LogP contribution in [0.25, 0.3) is 0 Å². The van der Waals surface area contributed by atoms with E-state index in [4.69, 9.17) is 0 Å². The first-order chi connectivity index (χ1) is 7.09. The van der Waals surface area contributed by atoms with Crippen molar-refractivity contribution in [2.24, 2.45) is 0 Å². The minimum Gasteiger partial charge on any atom is -0.305 e. The Morgan fingerprint density at radius 1 is 1.40 bits per heavy atom. The molecule has 0 aromatic rings. The summed E-state index contributed by atoms with van der Waals surface area (Å²) in [6.07, 6.45) is 3.00. The molecular weight excluding hydrogens is 188 g/mol. The van der Waals surface area contributed by atoms with Crippen LogP contribution in [-0.4, -0.2) is 54.9 Å². The van der Waals surface area contributed by atoms with E-state index in [0.717, 1.165) is 25.9 Å². The predicted octanol–water partition coefficient (Wildman–Crippen LogP) is 1.38. The van der Waals surface area contributed by atoms with Crippen molar-refractivity contribution in [3.63, 3.8) is 0 Å². The van der Waals surface area contributed by atoms with Gasteiger partial charge in [0.05, 0.1) is 0 Å². The largest absolute Gasteiger partial charge is 0.305 e. The highest BCUT2D eigenvalue weighted by Gasteiger charge is 2.18. The molecule has 0 saturated carbocycles. The Kier molecular flexibility index (Phi) is 5.26. The number of rotatable bonds is 4. The zero-order chi connectivity index (χ0) is 11.3. The van der Waals surface area contributed by atoms with E-state index < -0.39 is 0 Å². The Morgan fingerprint density at radius 2 is 2.13 bits per heavy atom. The number of carbonyl (C=O) groups is 1. The van der Waals surface area contributed by atoms with Crippen molar-refractivity contribution >= 4 is 5.78 Å². The van der Waals surface area contributed by atoms with Crippen molar-refractivity contribution in [3.8, 4) is 0 Å². The molecule has 1 aliphatic rings. The highest BCUT2D eigenvalue weighted by Crippen LogP contribution is 2.09. The van der Waals surface area contributed by atoms with Gasteiger partial charge in [0.25, 0.3) is 0 Å². The first kappa shape index (κ1) is 12.7. The first-order valence-corrected chi connectivity index (χ1v) is 6.01. The molecule has 0 aromatic carbocycles. The van der Waals surface area contributed by atoms with E-state index in [1.807, 2.05) is 0 Å². The summed E-state index contributed by atoms with van der Waals surface area (Å²) in [5.74, 6) is 0.314. The van der Waals surface area contributed by atoms with E-state index >= 15 is 0 Å². The molecule has 1 heterocycles. The summed E-state index contributed by atoms with van der Waals surface area (Å²) < 4.78 is 0. The molecule has 88 valence electrons. The van der Waals surface area contributed by atoms with Crippen LogP contribution in [0.4, 0.5) is 0 Å². The van der Waals surface area contributed by atoms with Crippen molar-refractivity contribution < 1.29 is 4.79 Å². The maximum atomic E-state index is 10.9. The van der Waals surface area contributed by atoms with Gasteiger partial charge in [0.1, 0.15) is 5.78 Å². The van der Waals surface area contributed by atoms with E-state index in [2.05, 4.69) is 23.8 Å². The lowest BCUT2D eigenvalue weighted by molar-refractivity contribution is -0.117. The number of nitrogens with zero attached hydrogens (tertiary/aromatic N) is 2. The summed E-state index contributed by atoms with van der Waals surface area (Å²) in [6.45, 7) is 8.58. The molecule has 1 unspecified atom stereocenters. The molecule has 1 fully saturated rings. The average Bonchev–Trinajstić information content (AvgIpc) is 2.28. The van der Waals surface area contributed by atoms with E-state index in [9.17, 15) is 4.79 Å². The van der Waals surface area contributed by atoms with Gasteiger partial charge in [-0.15, -0.1) is 0 Å². The topological polar surface area (TPSA) is 23.6 Å². The third-order valence-electron chi connectivity index (χ3n) is 3.16. The highest BCUT2D eigenvalue weighted by atomic mass is 16.1. The summed E-state index contributed by atoms with van der Waals surface area (Å²) >= 11 is 0. The van der Waals surface area contributed by atoms with Gasteiger partial charge in [-0.3, -0.25) is 4.90 Å². The standard InChI is InChI=1S/C12H24N2O/c1-11-10-13(3)7-5-9-14(11)8-4-6-12(2)15/h11H,4-10H2,1-3H3. The van der Waals surface area contributed by atoms with Crippen LogP contribution in [0.2, 0.25) is 0 Å². The second-order valence-corrected chi connectivity index (χ2v) is 4.81. The Morgan fingerprint density at radius 3 is 2.80 bits per heavy atom. The maximum Gasteiger partial charge on any atom is 0.129 e. The molecule has 3 nitrogen and oxygen atoms in total. The molecule has 0 aromatic heterocycles. The fourth-order valence-corrected chi connectivity index (χ4v) is 2.29. The van der Waals surface area contributed by atoms with Crippen molar-refractivity contribution in [3.05, 3.63) is 0 Å². The van der Waals surface area contributed by atoms with Gasteiger partial charge in [0.2, 0.25) is 0 Å². The summed E-state index contributed by atoms with van der Waals surface area (Å²) in [6, 6.07) is 0.629. The van der Waals surface area contributed by atoms with Gasteiger partial charge in [-0.05, 0) is 53.4 Å². The predicted molar refractivity (Wildman–Crippen MR) is 63.1 cm³/mol. The van der Waals surface area contributed by atoms with Gasteiger partial charge < -0.3 is 9.69 Å². The van der Waals surface area contributed by atoms with E-state index in [-0.39, 0.29) is 0 Å². The minimum absolute atomic E-state index is 0.314. The van der Waals surface area contributed by atoms with Gasteiger partial charge >= 0.3 is 0 Å². The van der Waals surface area contributed by atoms with Crippen LogP contribution in [0.1, 0.15) is 33.1 Å². The molecule has 0 aliphatic carbocycles. The number of hydrogen-bond donors (Lipinski definition) is 0. The van der Waals surface area contributed by atoms with Gasteiger partial charge in [-0.1, -0.05) is 0 Å². The second kappa shape index (κ2) is 6.23. The number of hydrogen-bond acceptors (Lipinski definition) is 3. The second-order valence-electron chi connectivity index (χ2n) is 4.81. The fraction of sp³-hybridized carbons (Fsp3) is 0.917. The first-order valence-electron chi connectivity index (χ1n) is 6.01. The minimum atomic E-state index is 0.314. The van der Waals surface area contributed by atoms with Crippen molar-refractivity contribution in [2.75, 3.05) is 33.2 Å². The van der Waals surface area contributed by atoms with Crippen LogP contribution in [-0.2, 0) is 4.79 Å². The molecule has 1 rings (SSSR count). The normalized spacial score (nSPS) is 25.1. The number of ketones is 1. The molecule has 15 heavy (non-hydrogen) atoms. The van der Waals surface area contributed by atoms with E-state index in [1.165, 1.54) is 19.5 Å². The lowest BCUT2D eigenvalue weighted by atomic mass is 10.2. The quantitative estimate of drug-likeness (QED) is 0.703. The third kappa shape index (κ3) is 4.76. The highest BCUT2D eigenvalue weighted by molar-refractivity contribution is 5.75. The molecular formula is C12H24N2O. The van der Waals surface area contributed by atoms with E-state index in [1.54, 1.807) is 6.92 Å². The molecule has 0 amide bonds. The lowest BCUT2D eigenvalue weighted by Gasteiger charge is -2.27. The Bertz CT molecular complexity index is 206. The Balaban J connectivity index is 2.29. The maximum absolute atomic E-state index is 10.9. The summed E-state index contributed by atoms with van der Waals surface area (Å²) in [7, 11) is 2.19. The van der Waals surface area contributed by atoms with Gasteiger partial charge in [0, 0.05) is 19.0 Å². The van der Waals surface area contributed by atoms with Crippen molar-refractivity contribution in [1.29, 1.82) is 0 Å². The zero-order valence-corrected chi connectivity index (χ0v) is 10.3. The molecule has 0 spiro atoms. The van der Waals surface area contributed by atoms with Gasteiger partial charge in [0.15, 0.2) is 0 Å². The summed E-state index contributed by atoms with van der Waals surface area (Å²) in [5, 5.41) is 0. The Hall–Kier alpha value is -0.410. The molecule has 0 radical (unpaired) electrons. The van der Waals surface area contributed by atoms with Gasteiger partial charge in [-0.2, -0.15) is 0 Å². The van der Waals surface area contributed by atoms with Crippen LogP contribution >= 0.6 is 0 Å². The third-order valence-corrected chi connectivity index (χ3v) is 3.16. The SMILES string of the molecule is CC(=O)CCCN1CCCN(C)CC1C. The monoisotopic (exact) mass is 212 g/mol. The summed E-state index contributed by atoms with van der Waals surface area (Å²) in [4.78, 5) is 15.8. The van der Waals surface area contributed by atoms with Crippen LogP contribution in [0.5, 0.6) is 0 Å². The zero-order valence-electron chi connectivity index (χ0n) is 10.3. The molecule has 0 bridgehead atoms. The molecule has 3 heteroatoms. The number of Topliss-reactive ketones (excluding diaryl/α,β-unsaturated/α-hetero) is 1.